The molecule has 1 amide bonds. The van der Waals surface area contributed by atoms with Crippen LogP contribution in [-0.4, -0.2) is 10.9 Å². The number of hydrogen-bond donors (Lipinski definition) is 1. The van der Waals surface area contributed by atoms with Crippen molar-refractivity contribution < 1.29 is 4.79 Å². The van der Waals surface area contributed by atoms with Crippen molar-refractivity contribution in [2.24, 2.45) is 5.92 Å². The van der Waals surface area contributed by atoms with Crippen molar-refractivity contribution in [1.29, 1.82) is 0 Å². The normalized spacial score (nSPS) is 14.1. The fourth-order valence-corrected chi connectivity index (χ4v) is 2.39. The Morgan fingerprint density at radius 3 is 2.79 bits per heavy atom. The Bertz CT molecular complexity index is 537. The maximum atomic E-state index is 11.9. The molecule has 1 fully saturated rings. The standard InChI is InChI=1S/C14H15N3OS/c18-14(12-6-7-12)16-17(13-9-19-10-15-13)8-11-4-2-1-3-5-11/h1-5,9-10,12H,6-8H2,(H,16,18). The third-order valence-electron chi connectivity index (χ3n) is 3.07. The molecule has 1 aromatic carbocycles. The van der Waals surface area contributed by atoms with E-state index in [2.05, 4.69) is 10.4 Å². The summed E-state index contributed by atoms with van der Waals surface area (Å²) in [5, 5.41) is 3.77. The number of nitrogens with one attached hydrogen (secondary N) is 1. The minimum atomic E-state index is 0.101. The van der Waals surface area contributed by atoms with Crippen LogP contribution in [0.15, 0.2) is 41.2 Å². The summed E-state index contributed by atoms with van der Waals surface area (Å²) in [4.78, 5) is 16.2. The molecule has 1 aliphatic rings. The molecule has 1 aliphatic carbocycles. The van der Waals surface area contributed by atoms with Gasteiger partial charge in [-0.05, 0) is 18.4 Å². The van der Waals surface area contributed by atoms with Gasteiger partial charge in [-0.2, -0.15) is 0 Å². The first-order valence-corrected chi connectivity index (χ1v) is 7.27. The maximum Gasteiger partial charge on any atom is 0.241 e. The smallest absolute Gasteiger partial charge is 0.241 e. The predicted molar refractivity (Wildman–Crippen MR) is 75.6 cm³/mol. The number of aromatic nitrogens is 1. The highest BCUT2D eigenvalue weighted by atomic mass is 32.1. The summed E-state index contributed by atoms with van der Waals surface area (Å²) in [5.41, 5.74) is 5.89. The van der Waals surface area contributed by atoms with Crippen molar-refractivity contribution in [1.82, 2.24) is 10.4 Å². The van der Waals surface area contributed by atoms with Gasteiger partial charge in [-0.15, -0.1) is 11.3 Å². The van der Waals surface area contributed by atoms with E-state index in [4.69, 9.17) is 0 Å². The number of amides is 1. The third-order valence-corrected chi connectivity index (χ3v) is 3.65. The molecule has 0 bridgehead atoms. The van der Waals surface area contributed by atoms with Crippen LogP contribution in [0, 0.1) is 5.92 Å². The molecule has 5 heteroatoms. The molecule has 98 valence electrons. The molecular weight excluding hydrogens is 258 g/mol. The lowest BCUT2D eigenvalue weighted by molar-refractivity contribution is -0.122. The average Bonchev–Trinajstić information content (AvgIpc) is 3.15. The van der Waals surface area contributed by atoms with Gasteiger partial charge in [-0.1, -0.05) is 30.3 Å². The number of anilines is 1. The lowest BCUT2D eigenvalue weighted by atomic mass is 10.2. The zero-order valence-electron chi connectivity index (χ0n) is 10.5. The number of carbonyl (C=O) groups excluding carboxylic acids is 1. The average molecular weight is 273 g/mol. The van der Waals surface area contributed by atoms with Gasteiger partial charge in [-0.25, -0.2) is 4.98 Å². The predicted octanol–water partition coefficient (Wildman–Crippen LogP) is 2.59. The second-order valence-corrected chi connectivity index (χ2v) is 5.39. The van der Waals surface area contributed by atoms with E-state index in [0.717, 1.165) is 24.2 Å². The van der Waals surface area contributed by atoms with Gasteiger partial charge in [-0.3, -0.25) is 15.2 Å². The van der Waals surface area contributed by atoms with Crippen molar-refractivity contribution in [3.05, 3.63) is 46.8 Å². The molecule has 1 N–H and O–H groups in total. The highest BCUT2D eigenvalue weighted by molar-refractivity contribution is 7.07. The molecule has 19 heavy (non-hydrogen) atoms. The Morgan fingerprint density at radius 1 is 1.37 bits per heavy atom. The summed E-state index contributed by atoms with van der Waals surface area (Å²) in [6.45, 7) is 0.628. The highest BCUT2D eigenvalue weighted by Gasteiger charge is 2.31. The van der Waals surface area contributed by atoms with E-state index < -0.39 is 0 Å². The minimum Gasteiger partial charge on any atom is -0.273 e. The molecule has 0 unspecified atom stereocenters. The fraction of sp³-hybridized carbons (Fsp3) is 0.286. The number of nitrogens with zero attached hydrogens (tertiary/aromatic N) is 2. The zero-order chi connectivity index (χ0) is 13.1. The van der Waals surface area contributed by atoms with Gasteiger partial charge in [0.05, 0.1) is 12.1 Å². The molecule has 0 atom stereocenters. The van der Waals surface area contributed by atoms with E-state index in [1.807, 2.05) is 40.7 Å². The van der Waals surface area contributed by atoms with Crippen LogP contribution in [-0.2, 0) is 11.3 Å². The summed E-state index contributed by atoms with van der Waals surface area (Å²) >= 11 is 1.53. The van der Waals surface area contributed by atoms with Crippen LogP contribution in [0.2, 0.25) is 0 Å². The summed E-state index contributed by atoms with van der Waals surface area (Å²) in [5.74, 6) is 1.09. The Labute approximate surface area is 116 Å². The molecule has 1 aromatic heterocycles. The molecule has 1 heterocycles. The van der Waals surface area contributed by atoms with E-state index in [-0.39, 0.29) is 11.8 Å². The van der Waals surface area contributed by atoms with Crippen LogP contribution in [0.4, 0.5) is 5.82 Å². The lowest BCUT2D eigenvalue weighted by Crippen LogP contribution is -2.42. The van der Waals surface area contributed by atoms with Gasteiger partial charge >= 0.3 is 0 Å². The first kappa shape index (κ1) is 12.2. The molecule has 0 radical (unpaired) electrons. The van der Waals surface area contributed by atoms with E-state index in [9.17, 15) is 4.79 Å². The number of hydrogen-bond acceptors (Lipinski definition) is 4. The Kier molecular flexibility index (Phi) is 3.46. The molecular formula is C14H15N3OS. The number of carbonyl (C=O) groups is 1. The van der Waals surface area contributed by atoms with Crippen molar-refractivity contribution in [3.63, 3.8) is 0 Å². The lowest BCUT2D eigenvalue weighted by Gasteiger charge is -2.23. The molecule has 0 saturated heterocycles. The summed E-state index contributed by atoms with van der Waals surface area (Å²) in [6, 6.07) is 10.1. The van der Waals surface area contributed by atoms with Gasteiger partial charge in [0.15, 0.2) is 5.82 Å². The zero-order valence-corrected chi connectivity index (χ0v) is 11.3. The van der Waals surface area contributed by atoms with Gasteiger partial charge in [0.2, 0.25) is 5.91 Å². The Hall–Kier alpha value is -1.88. The SMILES string of the molecule is O=C(NN(Cc1ccccc1)c1cscn1)C1CC1. The molecule has 1 saturated carbocycles. The third kappa shape index (κ3) is 3.12. The van der Waals surface area contributed by atoms with Crippen molar-refractivity contribution in [2.45, 2.75) is 19.4 Å². The Morgan fingerprint density at radius 2 is 2.16 bits per heavy atom. The van der Waals surface area contributed by atoms with Crippen LogP contribution in [0.1, 0.15) is 18.4 Å². The van der Waals surface area contributed by atoms with Crippen LogP contribution < -0.4 is 10.4 Å². The minimum absolute atomic E-state index is 0.101. The quantitative estimate of drug-likeness (QED) is 0.852. The van der Waals surface area contributed by atoms with Gasteiger partial charge in [0.25, 0.3) is 0 Å². The summed E-state index contributed by atoms with van der Waals surface area (Å²) < 4.78 is 0. The molecule has 2 aromatic rings. The number of rotatable bonds is 5. The van der Waals surface area contributed by atoms with E-state index >= 15 is 0 Å². The van der Waals surface area contributed by atoms with Crippen LogP contribution >= 0.6 is 11.3 Å². The molecule has 0 aliphatic heterocycles. The van der Waals surface area contributed by atoms with E-state index in [1.165, 1.54) is 11.3 Å². The topological polar surface area (TPSA) is 45.2 Å². The maximum absolute atomic E-state index is 11.9. The van der Waals surface area contributed by atoms with E-state index in [1.54, 1.807) is 5.51 Å². The Balaban J connectivity index is 1.74. The van der Waals surface area contributed by atoms with Crippen molar-refractivity contribution in [2.75, 3.05) is 5.01 Å². The van der Waals surface area contributed by atoms with E-state index in [0.29, 0.717) is 6.54 Å². The fourth-order valence-electron chi connectivity index (χ4n) is 1.85. The molecule has 3 rings (SSSR count). The van der Waals surface area contributed by atoms with Crippen LogP contribution in [0.3, 0.4) is 0 Å². The van der Waals surface area contributed by atoms with Gasteiger partial charge < -0.3 is 0 Å². The molecule has 4 nitrogen and oxygen atoms in total. The first-order chi connectivity index (χ1) is 9.33. The monoisotopic (exact) mass is 273 g/mol. The number of benzene rings is 1. The second-order valence-electron chi connectivity index (χ2n) is 4.67. The van der Waals surface area contributed by atoms with Crippen LogP contribution in [0.25, 0.3) is 0 Å². The highest BCUT2D eigenvalue weighted by Crippen LogP contribution is 2.29. The summed E-state index contributed by atoms with van der Waals surface area (Å²) in [7, 11) is 0. The van der Waals surface area contributed by atoms with Crippen molar-refractivity contribution in [3.8, 4) is 0 Å². The number of hydrazine groups is 1. The van der Waals surface area contributed by atoms with Crippen LogP contribution in [0.5, 0.6) is 0 Å². The van der Waals surface area contributed by atoms with Crippen molar-refractivity contribution >= 4 is 23.1 Å². The summed E-state index contributed by atoms with van der Waals surface area (Å²) in [6.07, 6.45) is 2.00. The largest absolute Gasteiger partial charge is 0.273 e. The first-order valence-electron chi connectivity index (χ1n) is 6.33. The molecule has 0 spiro atoms. The van der Waals surface area contributed by atoms with Gasteiger partial charge in [0.1, 0.15) is 0 Å². The number of thiazole rings is 1. The van der Waals surface area contributed by atoms with Gasteiger partial charge in [0, 0.05) is 11.3 Å². The second kappa shape index (κ2) is 5.40.